The molecular formula is C19H12N4O3S. The fraction of sp³-hybridized carbons (Fsp3) is 0.0526. The first-order valence-electron chi connectivity index (χ1n) is 7.95. The summed E-state index contributed by atoms with van der Waals surface area (Å²) in [7, 11) is 0. The molecule has 1 N–H and O–H groups in total. The van der Waals surface area contributed by atoms with Gasteiger partial charge in [-0.15, -0.1) is 6.42 Å². The van der Waals surface area contributed by atoms with E-state index in [1.54, 1.807) is 16.8 Å². The molecule has 0 aliphatic carbocycles. The maximum atomic E-state index is 12.7. The minimum absolute atomic E-state index is 0.0221. The predicted molar refractivity (Wildman–Crippen MR) is 103 cm³/mol. The Morgan fingerprint density at radius 2 is 2.15 bits per heavy atom. The molecule has 0 bridgehead atoms. The van der Waals surface area contributed by atoms with Gasteiger partial charge in [-0.05, 0) is 12.1 Å². The van der Waals surface area contributed by atoms with Crippen molar-refractivity contribution >= 4 is 44.1 Å². The number of benzene rings is 2. The zero-order valence-corrected chi connectivity index (χ0v) is 14.7. The molecule has 4 rings (SSSR count). The van der Waals surface area contributed by atoms with Gasteiger partial charge in [-0.1, -0.05) is 35.5 Å². The first-order valence-corrected chi connectivity index (χ1v) is 8.76. The van der Waals surface area contributed by atoms with Gasteiger partial charge in [0.2, 0.25) is 0 Å². The number of thiazole rings is 1. The van der Waals surface area contributed by atoms with E-state index in [1.807, 2.05) is 24.3 Å². The van der Waals surface area contributed by atoms with Gasteiger partial charge in [-0.3, -0.25) is 14.9 Å². The molecule has 0 unspecified atom stereocenters. The number of carbonyl (C=O) groups excluding carboxylic acids is 1. The smallest absolute Gasteiger partial charge is 0.281 e. The molecule has 8 heteroatoms. The van der Waals surface area contributed by atoms with Crippen LogP contribution in [0.15, 0.2) is 53.7 Å². The molecule has 0 atom stereocenters. The fourth-order valence-corrected chi connectivity index (χ4v) is 3.96. The van der Waals surface area contributed by atoms with Crippen molar-refractivity contribution in [1.29, 1.82) is 0 Å². The van der Waals surface area contributed by atoms with Crippen molar-refractivity contribution in [3.8, 4) is 12.3 Å². The number of hydrogen-bond acceptors (Lipinski definition) is 4. The van der Waals surface area contributed by atoms with Crippen molar-refractivity contribution in [3.63, 3.8) is 0 Å². The highest BCUT2D eigenvalue weighted by Gasteiger charge is 2.14. The molecule has 4 aromatic rings. The number of amides is 1. The van der Waals surface area contributed by atoms with Crippen molar-refractivity contribution in [3.05, 3.63) is 69.1 Å². The third-order valence-electron chi connectivity index (χ3n) is 4.14. The van der Waals surface area contributed by atoms with Crippen LogP contribution in [0.3, 0.4) is 0 Å². The number of nitrogens with zero attached hydrogens (tertiary/aromatic N) is 3. The molecule has 0 radical (unpaired) electrons. The van der Waals surface area contributed by atoms with Crippen LogP contribution in [0.2, 0.25) is 0 Å². The number of rotatable bonds is 3. The normalized spacial score (nSPS) is 11.7. The third kappa shape index (κ3) is 2.90. The van der Waals surface area contributed by atoms with Crippen LogP contribution in [-0.4, -0.2) is 20.4 Å². The van der Waals surface area contributed by atoms with Crippen LogP contribution in [0, 0.1) is 22.5 Å². The number of terminal acetylenes is 1. The van der Waals surface area contributed by atoms with E-state index in [1.165, 1.54) is 23.5 Å². The standard InChI is InChI=1S/C19H12N4O3S/c1-2-9-22-16-8-7-12(23(25)26)10-17(16)27-19(22)21-18(24)14-11-20-15-6-4-3-5-13(14)15/h1,3-8,10-11,20H,9H2. The summed E-state index contributed by atoms with van der Waals surface area (Å²) in [5.41, 5.74) is 1.99. The van der Waals surface area contributed by atoms with Gasteiger partial charge in [0, 0.05) is 29.2 Å². The predicted octanol–water partition coefficient (Wildman–Crippen LogP) is 3.47. The number of non-ortho nitro benzene ring substituents is 1. The Morgan fingerprint density at radius 1 is 1.33 bits per heavy atom. The van der Waals surface area contributed by atoms with E-state index >= 15 is 0 Å². The molecule has 0 aliphatic rings. The summed E-state index contributed by atoms with van der Waals surface area (Å²) < 4.78 is 2.35. The number of para-hydroxylation sites is 1. The number of H-pyrrole nitrogens is 1. The number of aromatic amines is 1. The van der Waals surface area contributed by atoms with Gasteiger partial charge in [0.25, 0.3) is 11.6 Å². The Morgan fingerprint density at radius 3 is 2.93 bits per heavy atom. The van der Waals surface area contributed by atoms with Crippen molar-refractivity contribution in [2.24, 2.45) is 4.99 Å². The van der Waals surface area contributed by atoms with E-state index in [-0.39, 0.29) is 12.2 Å². The summed E-state index contributed by atoms with van der Waals surface area (Å²) in [5.74, 6) is 2.13. The molecule has 7 nitrogen and oxygen atoms in total. The van der Waals surface area contributed by atoms with Crippen LogP contribution in [0.25, 0.3) is 21.1 Å². The lowest BCUT2D eigenvalue weighted by Gasteiger charge is -1.99. The first kappa shape index (κ1) is 16.8. The second kappa shape index (κ2) is 6.55. The van der Waals surface area contributed by atoms with Crippen molar-refractivity contribution in [1.82, 2.24) is 9.55 Å². The SMILES string of the molecule is C#CCn1c(=NC(=O)c2c[nH]c3ccccc23)sc2cc([N+](=O)[O-])ccc21. The van der Waals surface area contributed by atoms with Crippen LogP contribution in [-0.2, 0) is 6.54 Å². The summed E-state index contributed by atoms with van der Waals surface area (Å²) >= 11 is 1.19. The number of nitrogens with one attached hydrogen (secondary N) is 1. The van der Waals surface area contributed by atoms with E-state index in [0.29, 0.717) is 20.6 Å². The Balaban J connectivity index is 1.89. The molecule has 1 amide bonds. The van der Waals surface area contributed by atoms with Crippen LogP contribution in [0.1, 0.15) is 10.4 Å². The highest BCUT2D eigenvalue weighted by Crippen LogP contribution is 2.24. The molecule has 0 saturated carbocycles. The van der Waals surface area contributed by atoms with E-state index in [9.17, 15) is 14.9 Å². The molecule has 2 aromatic carbocycles. The number of nitro groups is 1. The molecule has 0 spiro atoms. The van der Waals surface area contributed by atoms with E-state index < -0.39 is 10.8 Å². The second-order valence-corrected chi connectivity index (χ2v) is 6.76. The van der Waals surface area contributed by atoms with Gasteiger partial charge < -0.3 is 9.55 Å². The maximum Gasteiger partial charge on any atom is 0.281 e. The zero-order valence-electron chi connectivity index (χ0n) is 13.9. The Labute approximate surface area is 156 Å². The highest BCUT2D eigenvalue weighted by molar-refractivity contribution is 7.16. The van der Waals surface area contributed by atoms with Gasteiger partial charge in [0.1, 0.15) is 0 Å². The molecule has 132 valence electrons. The molecular weight excluding hydrogens is 364 g/mol. The Kier molecular flexibility index (Phi) is 4.06. The van der Waals surface area contributed by atoms with Crippen LogP contribution in [0.4, 0.5) is 5.69 Å². The quantitative estimate of drug-likeness (QED) is 0.337. The molecule has 0 aliphatic heterocycles. The Bertz CT molecular complexity index is 1320. The lowest BCUT2D eigenvalue weighted by Crippen LogP contribution is -2.16. The maximum absolute atomic E-state index is 12.7. The third-order valence-corrected chi connectivity index (χ3v) is 5.18. The van der Waals surface area contributed by atoms with Crippen LogP contribution < -0.4 is 4.80 Å². The second-order valence-electron chi connectivity index (χ2n) is 5.75. The zero-order chi connectivity index (χ0) is 19.0. The van der Waals surface area contributed by atoms with Crippen molar-refractivity contribution < 1.29 is 9.72 Å². The van der Waals surface area contributed by atoms with Gasteiger partial charge in [0.05, 0.1) is 27.2 Å². The summed E-state index contributed by atoms with van der Waals surface area (Å²) in [4.78, 5) is 31.0. The number of fused-ring (bicyclic) bond motifs is 2. The summed E-state index contributed by atoms with van der Waals surface area (Å²) in [6.45, 7) is 0.206. The molecule has 2 heterocycles. The molecule has 27 heavy (non-hydrogen) atoms. The monoisotopic (exact) mass is 376 g/mol. The van der Waals surface area contributed by atoms with Crippen LogP contribution >= 0.6 is 11.3 Å². The van der Waals surface area contributed by atoms with Gasteiger partial charge in [0.15, 0.2) is 4.80 Å². The molecule has 0 saturated heterocycles. The molecule has 0 fully saturated rings. The lowest BCUT2D eigenvalue weighted by atomic mass is 10.2. The Hall–Kier alpha value is -3.70. The average molecular weight is 376 g/mol. The van der Waals surface area contributed by atoms with Crippen molar-refractivity contribution in [2.75, 3.05) is 0 Å². The minimum Gasteiger partial charge on any atom is -0.360 e. The number of carbonyl (C=O) groups is 1. The minimum atomic E-state index is -0.460. The van der Waals surface area contributed by atoms with Gasteiger partial charge in [-0.25, -0.2) is 0 Å². The van der Waals surface area contributed by atoms with E-state index in [4.69, 9.17) is 6.42 Å². The number of aromatic nitrogens is 2. The molecule has 2 aromatic heterocycles. The first-order chi connectivity index (χ1) is 13.1. The van der Waals surface area contributed by atoms with E-state index in [0.717, 1.165) is 10.9 Å². The van der Waals surface area contributed by atoms with E-state index in [2.05, 4.69) is 15.9 Å². The topological polar surface area (TPSA) is 93.3 Å². The average Bonchev–Trinajstić information content (AvgIpc) is 3.23. The van der Waals surface area contributed by atoms with Crippen molar-refractivity contribution in [2.45, 2.75) is 6.54 Å². The van der Waals surface area contributed by atoms with Crippen LogP contribution in [0.5, 0.6) is 0 Å². The largest absolute Gasteiger partial charge is 0.360 e. The summed E-state index contributed by atoms with van der Waals surface area (Å²) in [6.07, 6.45) is 7.08. The van der Waals surface area contributed by atoms with Gasteiger partial charge in [-0.2, -0.15) is 4.99 Å². The lowest BCUT2D eigenvalue weighted by molar-refractivity contribution is -0.384. The number of nitro benzene ring substituents is 1. The summed E-state index contributed by atoms with van der Waals surface area (Å²) in [6, 6.07) is 11.9. The number of hydrogen-bond donors (Lipinski definition) is 1. The fourth-order valence-electron chi connectivity index (χ4n) is 2.90. The van der Waals surface area contributed by atoms with Gasteiger partial charge >= 0.3 is 0 Å². The highest BCUT2D eigenvalue weighted by atomic mass is 32.1. The summed E-state index contributed by atoms with van der Waals surface area (Å²) in [5, 5.41) is 11.8.